The first-order valence-electron chi connectivity index (χ1n) is 5.26. The van der Waals surface area contributed by atoms with Gasteiger partial charge in [0.15, 0.2) is 0 Å². The van der Waals surface area contributed by atoms with Crippen LogP contribution >= 0.6 is 0 Å². The Morgan fingerprint density at radius 2 is 2.29 bits per heavy atom. The van der Waals surface area contributed by atoms with Gasteiger partial charge in [-0.15, -0.1) is 0 Å². The molecule has 0 aromatic heterocycles. The number of nitrogens with one attached hydrogen (secondary N) is 1. The zero-order valence-electron chi connectivity index (χ0n) is 9.12. The maximum atomic E-state index is 11.5. The maximum Gasteiger partial charge on any atom is 0.237 e. The molecule has 4 nitrogen and oxygen atoms in total. The number of carbonyl (C=O) groups is 1. The summed E-state index contributed by atoms with van der Waals surface area (Å²) >= 11 is 0. The van der Waals surface area contributed by atoms with Gasteiger partial charge in [0.1, 0.15) is 0 Å². The first-order chi connectivity index (χ1) is 6.54. The Morgan fingerprint density at radius 1 is 1.64 bits per heavy atom. The number of hydrogen-bond donors (Lipinski definition) is 2. The molecule has 0 aromatic rings. The zero-order chi connectivity index (χ0) is 10.7. The third kappa shape index (κ3) is 2.69. The van der Waals surface area contributed by atoms with Crippen molar-refractivity contribution in [3.63, 3.8) is 0 Å². The summed E-state index contributed by atoms with van der Waals surface area (Å²) in [6.07, 6.45) is 1.87. The molecule has 4 atom stereocenters. The van der Waals surface area contributed by atoms with Crippen LogP contribution in [0.15, 0.2) is 0 Å². The van der Waals surface area contributed by atoms with Crippen LogP contribution in [0.1, 0.15) is 33.6 Å². The summed E-state index contributed by atoms with van der Waals surface area (Å²) in [6.45, 7) is 5.90. The van der Waals surface area contributed by atoms with E-state index < -0.39 is 6.04 Å². The Morgan fingerprint density at radius 3 is 2.71 bits per heavy atom. The van der Waals surface area contributed by atoms with Crippen molar-refractivity contribution in [3.8, 4) is 0 Å². The van der Waals surface area contributed by atoms with Gasteiger partial charge in [-0.05, 0) is 26.7 Å². The highest BCUT2D eigenvalue weighted by Crippen LogP contribution is 2.19. The summed E-state index contributed by atoms with van der Waals surface area (Å²) in [6, 6.07) is -0.270. The molecule has 1 fully saturated rings. The molecule has 0 aliphatic carbocycles. The van der Waals surface area contributed by atoms with Crippen LogP contribution < -0.4 is 11.1 Å². The summed E-state index contributed by atoms with van der Waals surface area (Å²) in [5.74, 6) is -0.0675. The molecule has 82 valence electrons. The molecule has 1 aliphatic heterocycles. The molecule has 1 amide bonds. The number of carbonyl (C=O) groups excluding carboxylic acids is 1. The van der Waals surface area contributed by atoms with Crippen molar-refractivity contribution >= 4 is 5.91 Å². The SMILES string of the molecule is CCC(N)C(=O)NC1CC(C)OC1C. The number of rotatable bonds is 3. The van der Waals surface area contributed by atoms with Crippen LogP contribution in [0.3, 0.4) is 0 Å². The van der Waals surface area contributed by atoms with Crippen molar-refractivity contribution in [2.75, 3.05) is 0 Å². The molecule has 1 rings (SSSR count). The van der Waals surface area contributed by atoms with Crippen LogP contribution in [0.2, 0.25) is 0 Å². The van der Waals surface area contributed by atoms with E-state index in [-0.39, 0.29) is 24.2 Å². The Labute approximate surface area is 85.2 Å². The molecule has 14 heavy (non-hydrogen) atoms. The van der Waals surface area contributed by atoms with Crippen molar-refractivity contribution in [1.29, 1.82) is 0 Å². The normalized spacial score (nSPS) is 34.1. The van der Waals surface area contributed by atoms with Crippen molar-refractivity contribution in [1.82, 2.24) is 5.32 Å². The molecule has 4 heteroatoms. The summed E-state index contributed by atoms with van der Waals surface area (Å²) in [4.78, 5) is 11.5. The molecular formula is C10H20N2O2. The molecule has 3 N–H and O–H groups in total. The number of hydrogen-bond acceptors (Lipinski definition) is 3. The molecule has 0 spiro atoms. The van der Waals surface area contributed by atoms with Gasteiger partial charge in [0.25, 0.3) is 0 Å². The van der Waals surface area contributed by atoms with Crippen LogP contribution in [0.25, 0.3) is 0 Å². The van der Waals surface area contributed by atoms with Gasteiger partial charge in [-0.3, -0.25) is 4.79 Å². The van der Waals surface area contributed by atoms with Gasteiger partial charge >= 0.3 is 0 Å². The van der Waals surface area contributed by atoms with Gasteiger partial charge in [-0.2, -0.15) is 0 Å². The maximum absolute atomic E-state index is 11.5. The van der Waals surface area contributed by atoms with Gasteiger partial charge in [0.2, 0.25) is 5.91 Å². The summed E-state index contributed by atoms with van der Waals surface area (Å²) in [7, 11) is 0. The summed E-state index contributed by atoms with van der Waals surface area (Å²) < 4.78 is 5.53. The van der Waals surface area contributed by atoms with E-state index in [1.807, 2.05) is 20.8 Å². The van der Waals surface area contributed by atoms with Gasteiger partial charge in [-0.25, -0.2) is 0 Å². The summed E-state index contributed by atoms with van der Waals surface area (Å²) in [5, 5.41) is 2.92. The number of amides is 1. The molecule has 4 unspecified atom stereocenters. The lowest BCUT2D eigenvalue weighted by molar-refractivity contribution is -0.123. The van der Waals surface area contributed by atoms with Crippen LogP contribution in [0, 0.1) is 0 Å². The van der Waals surface area contributed by atoms with Crippen LogP contribution in [-0.2, 0) is 9.53 Å². The number of nitrogens with two attached hydrogens (primary N) is 1. The van der Waals surface area contributed by atoms with E-state index in [9.17, 15) is 4.79 Å². The third-order valence-electron chi connectivity index (χ3n) is 2.70. The van der Waals surface area contributed by atoms with E-state index in [2.05, 4.69) is 5.32 Å². The minimum Gasteiger partial charge on any atom is -0.373 e. The van der Waals surface area contributed by atoms with E-state index in [1.54, 1.807) is 0 Å². The number of ether oxygens (including phenoxy) is 1. The topological polar surface area (TPSA) is 64.4 Å². The van der Waals surface area contributed by atoms with E-state index in [0.29, 0.717) is 6.42 Å². The second-order valence-electron chi connectivity index (χ2n) is 4.02. The van der Waals surface area contributed by atoms with Gasteiger partial charge in [0, 0.05) is 0 Å². The van der Waals surface area contributed by atoms with E-state index in [1.165, 1.54) is 0 Å². The fraction of sp³-hybridized carbons (Fsp3) is 0.900. The molecule has 1 heterocycles. The lowest BCUT2D eigenvalue weighted by atomic mass is 10.1. The highest BCUT2D eigenvalue weighted by molar-refractivity contribution is 5.81. The Hall–Kier alpha value is -0.610. The minimum absolute atomic E-state index is 0.0675. The van der Waals surface area contributed by atoms with E-state index in [0.717, 1.165) is 6.42 Å². The lowest BCUT2D eigenvalue weighted by Crippen LogP contribution is -2.47. The van der Waals surface area contributed by atoms with Crippen LogP contribution in [0.4, 0.5) is 0 Å². The lowest BCUT2D eigenvalue weighted by Gasteiger charge is -2.18. The second kappa shape index (κ2) is 4.75. The van der Waals surface area contributed by atoms with Gasteiger partial charge in [0.05, 0.1) is 24.3 Å². The molecule has 0 saturated carbocycles. The quantitative estimate of drug-likeness (QED) is 0.693. The third-order valence-corrected chi connectivity index (χ3v) is 2.70. The van der Waals surface area contributed by atoms with Gasteiger partial charge < -0.3 is 15.8 Å². The molecule has 0 bridgehead atoms. The predicted molar refractivity (Wildman–Crippen MR) is 54.8 cm³/mol. The average Bonchev–Trinajstić information content (AvgIpc) is 2.44. The first kappa shape index (κ1) is 11.5. The van der Waals surface area contributed by atoms with E-state index in [4.69, 9.17) is 10.5 Å². The fourth-order valence-electron chi connectivity index (χ4n) is 1.72. The molecule has 0 radical (unpaired) electrons. The highest BCUT2D eigenvalue weighted by atomic mass is 16.5. The largest absolute Gasteiger partial charge is 0.373 e. The fourth-order valence-corrected chi connectivity index (χ4v) is 1.72. The molecule has 0 aromatic carbocycles. The van der Waals surface area contributed by atoms with Crippen LogP contribution in [0.5, 0.6) is 0 Å². The Kier molecular flexibility index (Phi) is 3.89. The summed E-state index contributed by atoms with van der Waals surface area (Å²) in [5.41, 5.74) is 5.62. The Balaban J connectivity index is 2.41. The van der Waals surface area contributed by atoms with Crippen molar-refractivity contribution < 1.29 is 9.53 Å². The van der Waals surface area contributed by atoms with Crippen molar-refractivity contribution in [2.24, 2.45) is 5.73 Å². The standard InChI is InChI=1S/C10H20N2O2/c1-4-8(11)10(13)12-9-5-6(2)14-7(9)3/h6-9H,4-5,11H2,1-3H3,(H,12,13). The van der Waals surface area contributed by atoms with Crippen LogP contribution in [-0.4, -0.2) is 30.2 Å². The minimum atomic E-state index is -0.391. The monoisotopic (exact) mass is 200 g/mol. The zero-order valence-corrected chi connectivity index (χ0v) is 9.12. The smallest absolute Gasteiger partial charge is 0.237 e. The highest BCUT2D eigenvalue weighted by Gasteiger charge is 2.31. The van der Waals surface area contributed by atoms with E-state index >= 15 is 0 Å². The van der Waals surface area contributed by atoms with Gasteiger partial charge in [-0.1, -0.05) is 6.92 Å². The second-order valence-corrected chi connectivity index (χ2v) is 4.02. The van der Waals surface area contributed by atoms with Crippen molar-refractivity contribution in [2.45, 2.75) is 57.9 Å². The Bertz CT molecular complexity index is 208. The van der Waals surface area contributed by atoms with Crippen molar-refractivity contribution in [3.05, 3.63) is 0 Å². The molecule has 1 saturated heterocycles. The molecule has 1 aliphatic rings. The molecular weight excluding hydrogens is 180 g/mol. The average molecular weight is 200 g/mol. The predicted octanol–water partition coefficient (Wildman–Crippen LogP) is 0.406. The first-order valence-corrected chi connectivity index (χ1v) is 5.26.